The standard InChI is InChI=1S/C11H14N2O3/c14-10-4-2-1-3-9(10)11(15)16-13-7-5-12-6-8-13/h1-4,12,14H,5-8H2. The molecule has 1 aliphatic heterocycles. The summed E-state index contributed by atoms with van der Waals surface area (Å²) in [6.45, 7) is 2.93. The molecule has 0 radical (unpaired) electrons. The fourth-order valence-corrected chi connectivity index (χ4v) is 1.55. The van der Waals surface area contributed by atoms with E-state index >= 15 is 0 Å². The van der Waals surface area contributed by atoms with Gasteiger partial charge in [-0.05, 0) is 12.1 Å². The van der Waals surface area contributed by atoms with Crippen molar-refractivity contribution in [3.05, 3.63) is 29.8 Å². The van der Waals surface area contributed by atoms with E-state index in [1.165, 1.54) is 6.07 Å². The lowest BCUT2D eigenvalue weighted by atomic mass is 10.2. The second-order valence-electron chi connectivity index (χ2n) is 3.57. The van der Waals surface area contributed by atoms with Crippen LogP contribution in [-0.4, -0.2) is 42.3 Å². The number of phenols is 1. The first-order valence-electron chi connectivity index (χ1n) is 5.23. The Bertz CT molecular complexity index is 375. The molecule has 0 atom stereocenters. The largest absolute Gasteiger partial charge is 0.507 e. The van der Waals surface area contributed by atoms with Crippen molar-refractivity contribution >= 4 is 5.97 Å². The molecule has 1 aliphatic rings. The minimum absolute atomic E-state index is 0.0531. The molecule has 1 heterocycles. The molecule has 0 aromatic heterocycles. The molecular formula is C11H14N2O3. The normalized spacial score (nSPS) is 17.0. The van der Waals surface area contributed by atoms with Crippen LogP contribution in [0.1, 0.15) is 10.4 Å². The third-order valence-electron chi connectivity index (χ3n) is 2.41. The van der Waals surface area contributed by atoms with E-state index < -0.39 is 5.97 Å². The molecule has 2 rings (SSSR count). The minimum atomic E-state index is -0.514. The van der Waals surface area contributed by atoms with Gasteiger partial charge in [0.1, 0.15) is 11.3 Å². The van der Waals surface area contributed by atoms with Crippen LogP contribution in [0.4, 0.5) is 0 Å². The summed E-state index contributed by atoms with van der Waals surface area (Å²) < 4.78 is 0. The number of hydrogen-bond donors (Lipinski definition) is 2. The van der Waals surface area contributed by atoms with Gasteiger partial charge in [0, 0.05) is 26.2 Å². The summed E-state index contributed by atoms with van der Waals surface area (Å²) in [7, 11) is 0. The molecule has 0 bridgehead atoms. The summed E-state index contributed by atoms with van der Waals surface area (Å²) >= 11 is 0. The van der Waals surface area contributed by atoms with Crippen molar-refractivity contribution < 1.29 is 14.7 Å². The quantitative estimate of drug-likeness (QED) is 0.757. The Morgan fingerprint density at radius 2 is 2.00 bits per heavy atom. The van der Waals surface area contributed by atoms with Crippen LogP contribution in [0, 0.1) is 0 Å². The molecule has 86 valence electrons. The Labute approximate surface area is 93.6 Å². The molecule has 0 spiro atoms. The zero-order valence-corrected chi connectivity index (χ0v) is 8.85. The van der Waals surface area contributed by atoms with Gasteiger partial charge in [-0.25, -0.2) is 4.79 Å². The Morgan fingerprint density at radius 3 is 2.69 bits per heavy atom. The van der Waals surface area contributed by atoms with Gasteiger partial charge in [0.15, 0.2) is 0 Å². The highest BCUT2D eigenvalue weighted by Crippen LogP contribution is 2.17. The van der Waals surface area contributed by atoms with E-state index in [1.807, 2.05) is 0 Å². The summed E-state index contributed by atoms with van der Waals surface area (Å²) in [5.74, 6) is -0.567. The number of aromatic hydroxyl groups is 1. The summed E-state index contributed by atoms with van der Waals surface area (Å²) in [4.78, 5) is 16.8. The summed E-state index contributed by atoms with van der Waals surface area (Å²) in [6.07, 6.45) is 0. The third-order valence-corrected chi connectivity index (χ3v) is 2.41. The number of carbonyl (C=O) groups excluding carboxylic acids is 1. The van der Waals surface area contributed by atoms with Crippen molar-refractivity contribution in [1.29, 1.82) is 0 Å². The molecule has 0 aliphatic carbocycles. The van der Waals surface area contributed by atoms with Gasteiger partial charge in [-0.1, -0.05) is 12.1 Å². The highest BCUT2D eigenvalue weighted by atomic mass is 16.7. The van der Waals surface area contributed by atoms with Crippen LogP contribution in [0.5, 0.6) is 5.75 Å². The first-order valence-corrected chi connectivity index (χ1v) is 5.23. The Hall–Kier alpha value is -1.59. The Morgan fingerprint density at radius 1 is 1.31 bits per heavy atom. The molecule has 0 amide bonds. The maximum absolute atomic E-state index is 11.7. The number of piperazine rings is 1. The predicted octanol–water partition coefficient (Wildman–Crippen LogP) is 0.369. The number of phenolic OH excluding ortho intramolecular Hbond substituents is 1. The molecule has 1 fully saturated rings. The van der Waals surface area contributed by atoms with Crippen LogP contribution in [0.25, 0.3) is 0 Å². The predicted molar refractivity (Wildman–Crippen MR) is 58.0 cm³/mol. The van der Waals surface area contributed by atoms with Crippen molar-refractivity contribution in [1.82, 2.24) is 10.4 Å². The SMILES string of the molecule is O=C(ON1CCNCC1)c1ccccc1O. The van der Waals surface area contributed by atoms with Crippen LogP contribution >= 0.6 is 0 Å². The molecule has 5 nitrogen and oxygen atoms in total. The molecule has 1 aromatic carbocycles. The van der Waals surface area contributed by atoms with Gasteiger partial charge in [0.05, 0.1) is 0 Å². The lowest BCUT2D eigenvalue weighted by Gasteiger charge is -2.25. The Balaban J connectivity index is 2.00. The van der Waals surface area contributed by atoms with Crippen LogP contribution in [0.15, 0.2) is 24.3 Å². The van der Waals surface area contributed by atoms with Crippen LogP contribution in [0.2, 0.25) is 0 Å². The zero-order chi connectivity index (χ0) is 11.4. The first-order chi connectivity index (χ1) is 7.77. The average molecular weight is 222 g/mol. The van der Waals surface area contributed by atoms with Crippen molar-refractivity contribution in [2.75, 3.05) is 26.2 Å². The number of carbonyl (C=O) groups is 1. The van der Waals surface area contributed by atoms with Gasteiger partial charge in [0.25, 0.3) is 0 Å². The average Bonchev–Trinajstić information content (AvgIpc) is 2.31. The number of nitrogens with one attached hydrogen (secondary N) is 1. The maximum Gasteiger partial charge on any atom is 0.360 e. The van der Waals surface area contributed by atoms with Gasteiger partial charge >= 0.3 is 5.97 Å². The molecular weight excluding hydrogens is 208 g/mol. The van der Waals surface area contributed by atoms with Crippen molar-refractivity contribution in [2.24, 2.45) is 0 Å². The highest BCUT2D eigenvalue weighted by Gasteiger charge is 2.18. The Kier molecular flexibility index (Phi) is 3.38. The van der Waals surface area contributed by atoms with Crippen molar-refractivity contribution in [3.63, 3.8) is 0 Å². The van der Waals surface area contributed by atoms with E-state index in [4.69, 9.17) is 4.84 Å². The smallest absolute Gasteiger partial charge is 0.360 e. The first kappa shape index (κ1) is 10.9. The molecule has 0 unspecified atom stereocenters. The van der Waals surface area contributed by atoms with Crippen molar-refractivity contribution in [2.45, 2.75) is 0 Å². The molecule has 5 heteroatoms. The van der Waals surface area contributed by atoms with E-state index in [0.29, 0.717) is 13.1 Å². The van der Waals surface area contributed by atoms with Gasteiger partial charge in [-0.15, -0.1) is 5.06 Å². The third kappa shape index (κ3) is 2.50. The number of rotatable bonds is 2. The van der Waals surface area contributed by atoms with E-state index in [-0.39, 0.29) is 11.3 Å². The summed E-state index contributed by atoms with van der Waals surface area (Å²) in [5, 5.41) is 14.2. The lowest BCUT2D eigenvalue weighted by Crippen LogP contribution is -2.44. The molecule has 1 saturated heterocycles. The lowest BCUT2D eigenvalue weighted by molar-refractivity contribution is -0.115. The number of hydrogen-bond acceptors (Lipinski definition) is 5. The number of hydroxylamine groups is 2. The van der Waals surface area contributed by atoms with E-state index in [1.54, 1.807) is 23.3 Å². The van der Waals surface area contributed by atoms with E-state index in [0.717, 1.165) is 13.1 Å². The van der Waals surface area contributed by atoms with E-state index in [9.17, 15) is 9.90 Å². The van der Waals surface area contributed by atoms with Gasteiger partial charge in [0.2, 0.25) is 0 Å². The molecule has 2 N–H and O–H groups in total. The van der Waals surface area contributed by atoms with Crippen LogP contribution in [-0.2, 0) is 4.84 Å². The summed E-state index contributed by atoms with van der Waals surface area (Å²) in [6, 6.07) is 6.36. The second-order valence-corrected chi connectivity index (χ2v) is 3.57. The molecule has 1 aromatic rings. The monoisotopic (exact) mass is 222 g/mol. The summed E-state index contributed by atoms with van der Waals surface area (Å²) in [5.41, 5.74) is 0.195. The van der Waals surface area contributed by atoms with Gasteiger partial charge < -0.3 is 15.3 Å². The van der Waals surface area contributed by atoms with E-state index in [2.05, 4.69) is 5.32 Å². The topological polar surface area (TPSA) is 61.8 Å². The highest BCUT2D eigenvalue weighted by molar-refractivity contribution is 5.92. The van der Waals surface area contributed by atoms with Gasteiger partial charge in [-0.3, -0.25) is 0 Å². The molecule has 16 heavy (non-hydrogen) atoms. The number of benzene rings is 1. The van der Waals surface area contributed by atoms with Gasteiger partial charge in [-0.2, -0.15) is 0 Å². The molecule has 0 saturated carbocycles. The fraction of sp³-hybridized carbons (Fsp3) is 0.364. The van der Waals surface area contributed by atoms with Crippen LogP contribution in [0.3, 0.4) is 0 Å². The number of nitrogens with zero attached hydrogens (tertiary/aromatic N) is 1. The minimum Gasteiger partial charge on any atom is -0.507 e. The van der Waals surface area contributed by atoms with Crippen LogP contribution < -0.4 is 5.32 Å². The second kappa shape index (κ2) is 4.96. The zero-order valence-electron chi connectivity index (χ0n) is 8.85. The van der Waals surface area contributed by atoms with Crippen molar-refractivity contribution in [3.8, 4) is 5.75 Å². The number of para-hydroxylation sites is 1. The maximum atomic E-state index is 11.7. The fourth-order valence-electron chi connectivity index (χ4n) is 1.55.